The van der Waals surface area contributed by atoms with Crippen molar-refractivity contribution in [2.45, 2.75) is 17.9 Å². The van der Waals surface area contributed by atoms with Crippen LogP contribution >= 0.6 is 23.2 Å². The molecule has 0 spiro atoms. The Labute approximate surface area is 134 Å². The first-order valence-corrected chi connectivity index (χ1v) is 8.94. The van der Waals surface area contributed by atoms with Crippen LogP contribution in [-0.2, 0) is 9.84 Å². The number of hydrogen-bond donors (Lipinski definition) is 1. The molecule has 0 heterocycles. The van der Waals surface area contributed by atoms with Crippen LogP contribution in [-0.4, -0.2) is 14.7 Å². The number of halogens is 2. The van der Waals surface area contributed by atoms with E-state index in [-0.39, 0.29) is 10.9 Å². The molecule has 0 aliphatic heterocycles. The number of nitrogens with one attached hydrogen (secondary N) is 1. The van der Waals surface area contributed by atoms with Crippen LogP contribution in [0.2, 0.25) is 10.0 Å². The summed E-state index contributed by atoms with van der Waals surface area (Å²) >= 11 is 12.3. The number of sulfone groups is 1. The minimum Gasteiger partial charge on any atom is -0.377 e. The van der Waals surface area contributed by atoms with E-state index in [1.807, 2.05) is 31.2 Å². The highest BCUT2D eigenvalue weighted by atomic mass is 35.5. The predicted molar refractivity (Wildman–Crippen MR) is 88.1 cm³/mol. The smallest absolute Gasteiger partial charge is 0.175 e. The van der Waals surface area contributed by atoms with E-state index in [9.17, 15) is 8.42 Å². The lowest BCUT2D eigenvalue weighted by Gasteiger charge is -2.18. The summed E-state index contributed by atoms with van der Waals surface area (Å²) in [6.45, 7) is 1.94. The molecule has 0 bridgehead atoms. The van der Waals surface area contributed by atoms with Gasteiger partial charge in [0.1, 0.15) is 0 Å². The van der Waals surface area contributed by atoms with Crippen molar-refractivity contribution in [2.24, 2.45) is 0 Å². The highest BCUT2D eigenvalue weighted by Gasteiger charge is 2.14. The van der Waals surface area contributed by atoms with Gasteiger partial charge < -0.3 is 5.32 Å². The largest absolute Gasteiger partial charge is 0.377 e. The van der Waals surface area contributed by atoms with E-state index in [0.717, 1.165) is 11.8 Å². The number of rotatable bonds is 4. The van der Waals surface area contributed by atoms with Crippen molar-refractivity contribution >= 4 is 38.7 Å². The Morgan fingerprint density at radius 2 is 1.71 bits per heavy atom. The van der Waals surface area contributed by atoms with Gasteiger partial charge in [0.05, 0.1) is 21.6 Å². The molecule has 0 amide bonds. The Morgan fingerprint density at radius 1 is 1.05 bits per heavy atom. The maximum Gasteiger partial charge on any atom is 0.175 e. The van der Waals surface area contributed by atoms with Crippen molar-refractivity contribution in [2.75, 3.05) is 11.6 Å². The molecule has 1 unspecified atom stereocenters. The third-order valence-electron chi connectivity index (χ3n) is 3.11. The third kappa shape index (κ3) is 3.90. The molecule has 2 aromatic rings. The van der Waals surface area contributed by atoms with Gasteiger partial charge >= 0.3 is 0 Å². The van der Waals surface area contributed by atoms with E-state index in [4.69, 9.17) is 23.2 Å². The Hall–Kier alpha value is -1.23. The van der Waals surface area contributed by atoms with Gasteiger partial charge in [-0.1, -0.05) is 41.4 Å². The molecule has 0 aliphatic rings. The first-order valence-electron chi connectivity index (χ1n) is 6.29. The second-order valence-corrected chi connectivity index (χ2v) is 7.63. The molecule has 2 rings (SSSR count). The molecule has 21 heavy (non-hydrogen) atoms. The van der Waals surface area contributed by atoms with Crippen LogP contribution in [0.4, 0.5) is 5.69 Å². The molecule has 2 aromatic carbocycles. The summed E-state index contributed by atoms with van der Waals surface area (Å²) in [4.78, 5) is 0.223. The van der Waals surface area contributed by atoms with Crippen LogP contribution in [0.25, 0.3) is 0 Å². The molecule has 0 fully saturated rings. The minimum absolute atomic E-state index is 0.106. The van der Waals surface area contributed by atoms with Gasteiger partial charge in [-0.15, -0.1) is 0 Å². The summed E-state index contributed by atoms with van der Waals surface area (Å²) in [7, 11) is -3.28. The topological polar surface area (TPSA) is 46.2 Å². The zero-order valence-electron chi connectivity index (χ0n) is 11.6. The normalized spacial score (nSPS) is 13.0. The fraction of sp³-hybridized carbons (Fsp3) is 0.200. The molecule has 3 nitrogen and oxygen atoms in total. The average molecular weight is 344 g/mol. The number of anilines is 1. The van der Waals surface area contributed by atoms with Gasteiger partial charge in [0.25, 0.3) is 0 Å². The van der Waals surface area contributed by atoms with Gasteiger partial charge in [-0.3, -0.25) is 0 Å². The van der Waals surface area contributed by atoms with Crippen LogP contribution in [0, 0.1) is 0 Å². The number of hydrogen-bond acceptors (Lipinski definition) is 3. The van der Waals surface area contributed by atoms with Gasteiger partial charge in [-0.2, -0.15) is 0 Å². The second-order valence-electron chi connectivity index (χ2n) is 4.80. The van der Waals surface area contributed by atoms with Crippen molar-refractivity contribution in [1.82, 2.24) is 0 Å². The molecule has 6 heteroatoms. The first-order chi connectivity index (χ1) is 9.79. The van der Waals surface area contributed by atoms with Gasteiger partial charge in [-0.05, 0) is 36.8 Å². The zero-order valence-corrected chi connectivity index (χ0v) is 13.9. The standard InChI is InChI=1S/C15H15Cl2NO2S/c1-10(12-5-3-4-6-13(12)16)18-15-9-11(21(2,19)20)7-8-14(15)17/h3-10,18H,1-2H3. The van der Waals surface area contributed by atoms with Crippen LogP contribution in [0.3, 0.4) is 0 Å². The van der Waals surface area contributed by atoms with Crippen LogP contribution in [0.15, 0.2) is 47.4 Å². The maximum atomic E-state index is 11.6. The predicted octanol–water partition coefficient (Wildman–Crippen LogP) is 4.57. The summed E-state index contributed by atoms with van der Waals surface area (Å²) in [5.41, 5.74) is 1.48. The lowest BCUT2D eigenvalue weighted by Crippen LogP contribution is -2.08. The van der Waals surface area contributed by atoms with E-state index in [0.29, 0.717) is 15.7 Å². The highest BCUT2D eigenvalue weighted by molar-refractivity contribution is 7.90. The van der Waals surface area contributed by atoms with E-state index >= 15 is 0 Å². The van der Waals surface area contributed by atoms with Crippen LogP contribution in [0.1, 0.15) is 18.5 Å². The summed E-state index contributed by atoms with van der Waals surface area (Å²) in [6.07, 6.45) is 1.16. The van der Waals surface area contributed by atoms with E-state index < -0.39 is 9.84 Å². The average Bonchev–Trinajstić information content (AvgIpc) is 2.40. The SMILES string of the molecule is CC(Nc1cc(S(C)(=O)=O)ccc1Cl)c1ccccc1Cl. The van der Waals surface area contributed by atoms with Gasteiger partial charge in [0.2, 0.25) is 0 Å². The Morgan fingerprint density at radius 3 is 2.33 bits per heavy atom. The molecule has 0 saturated carbocycles. The van der Waals surface area contributed by atoms with Crippen molar-refractivity contribution in [3.05, 3.63) is 58.1 Å². The van der Waals surface area contributed by atoms with Gasteiger partial charge in [-0.25, -0.2) is 8.42 Å². The molecular weight excluding hydrogens is 329 g/mol. The van der Waals surface area contributed by atoms with Crippen molar-refractivity contribution in [3.63, 3.8) is 0 Å². The molecule has 0 saturated heterocycles. The molecule has 0 aliphatic carbocycles. The van der Waals surface area contributed by atoms with E-state index in [1.165, 1.54) is 12.1 Å². The first kappa shape index (κ1) is 16.1. The monoisotopic (exact) mass is 343 g/mol. The fourth-order valence-corrected chi connectivity index (χ4v) is 3.10. The third-order valence-corrected chi connectivity index (χ3v) is 4.89. The van der Waals surface area contributed by atoms with Crippen molar-refractivity contribution in [3.8, 4) is 0 Å². The Kier molecular flexibility index (Phi) is 4.81. The molecule has 1 atom stereocenters. The number of benzene rings is 2. The molecule has 0 aromatic heterocycles. The van der Waals surface area contributed by atoms with Crippen LogP contribution in [0.5, 0.6) is 0 Å². The second kappa shape index (κ2) is 6.26. The quantitative estimate of drug-likeness (QED) is 0.884. The summed E-state index contributed by atoms with van der Waals surface area (Å²) in [6, 6.07) is 12.0. The minimum atomic E-state index is -3.28. The van der Waals surface area contributed by atoms with Gasteiger partial charge in [0.15, 0.2) is 9.84 Å². The maximum absolute atomic E-state index is 11.6. The fourth-order valence-electron chi connectivity index (χ4n) is 1.98. The lowest BCUT2D eigenvalue weighted by atomic mass is 10.1. The van der Waals surface area contributed by atoms with Crippen LogP contribution < -0.4 is 5.32 Å². The van der Waals surface area contributed by atoms with Crippen molar-refractivity contribution in [1.29, 1.82) is 0 Å². The van der Waals surface area contributed by atoms with Gasteiger partial charge in [0, 0.05) is 11.3 Å². The highest BCUT2D eigenvalue weighted by Crippen LogP contribution is 2.30. The molecule has 112 valence electrons. The van der Waals surface area contributed by atoms with E-state index in [1.54, 1.807) is 6.07 Å². The molecular formula is C15H15Cl2NO2S. The zero-order chi connectivity index (χ0) is 15.6. The summed E-state index contributed by atoms with van der Waals surface area (Å²) in [5.74, 6) is 0. The summed E-state index contributed by atoms with van der Waals surface area (Å²) < 4.78 is 23.2. The molecule has 0 radical (unpaired) electrons. The Balaban J connectivity index is 2.33. The molecule has 1 N–H and O–H groups in total. The van der Waals surface area contributed by atoms with E-state index in [2.05, 4.69) is 5.32 Å². The lowest BCUT2D eigenvalue weighted by molar-refractivity contribution is 0.602. The van der Waals surface area contributed by atoms with Crippen molar-refractivity contribution < 1.29 is 8.42 Å². The summed E-state index contributed by atoms with van der Waals surface area (Å²) in [5, 5.41) is 4.30. The Bertz CT molecular complexity index is 760.